The van der Waals surface area contributed by atoms with Gasteiger partial charge in [0.25, 0.3) is 5.56 Å². The van der Waals surface area contributed by atoms with Crippen LogP contribution in [0.5, 0.6) is 0 Å². The fourth-order valence-electron chi connectivity index (χ4n) is 3.55. The van der Waals surface area contributed by atoms with E-state index in [2.05, 4.69) is 34.2 Å². The summed E-state index contributed by atoms with van der Waals surface area (Å²) in [5.74, 6) is -0.0383. The standard InChI is InChI=1S/C23H24N4O2/c28-22(17-27-18-24-21-11-5-4-10-20(21)23(27)29)26-15-13-25(14-16-26)12-6-9-19-7-2-1-3-8-19/h1-11,18H,12-17H2/b9-6+. The summed E-state index contributed by atoms with van der Waals surface area (Å²) in [5, 5.41) is 0.540. The summed E-state index contributed by atoms with van der Waals surface area (Å²) in [6.07, 6.45) is 5.75. The normalized spacial score (nSPS) is 15.2. The average Bonchev–Trinajstić information content (AvgIpc) is 2.77. The first-order valence-electron chi connectivity index (χ1n) is 9.86. The van der Waals surface area contributed by atoms with Gasteiger partial charge in [-0.3, -0.25) is 19.1 Å². The van der Waals surface area contributed by atoms with Crippen LogP contribution in [0.1, 0.15) is 5.56 Å². The van der Waals surface area contributed by atoms with Crippen LogP contribution in [0.2, 0.25) is 0 Å². The SMILES string of the molecule is O=C(Cn1cnc2ccccc2c1=O)N1CCN(C/C=C/c2ccccc2)CC1. The van der Waals surface area contributed by atoms with Gasteiger partial charge in [-0.2, -0.15) is 0 Å². The summed E-state index contributed by atoms with van der Waals surface area (Å²) in [7, 11) is 0. The molecule has 1 aliphatic heterocycles. The van der Waals surface area contributed by atoms with E-state index < -0.39 is 0 Å². The predicted octanol–water partition coefficient (Wildman–Crippen LogP) is 2.25. The zero-order chi connectivity index (χ0) is 20.1. The number of rotatable bonds is 5. The van der Waals surface area contributed by atoms with E-state index in [-0.39, 0.29) is 18.0 Å². The highest BCUT2D eigenvalue weighted by Crippen LogP contribution is 2.07. The molecule has 29 heavy (non-hydrogen) atoms. The van der Waals surface area contributed by atoms with Crippen LogP contribution in [0.3, 0.4) is 0 Å². The minimum Gasteiger partial charge on any atom is -0.339 e. The molecule has 0 aliphatic carbocycles. The van der Waals surface area contributed by atoms with E-state index in [0.717, 1.165) is 19.6 Å². The van der Waals surface area contributed by atoms with Crippen LogP contribution in [0.25, 0.3) is 17.0 Å². The Kier molecular flexibility index (Phi) is 5.81. The van der Waals surface area contributed by atoms with E-state index in [1.54, 1.807) is 12.1 Å². The Hall–Kier alpha value is -3.25. The van der Waals surface area contributed by atoms with Gasteiger partial charge in [0.2, 0.25) is 5.91 Å². The Morgan fingerprint density at radius 3 is 2.48 bits per heavy atom. The van der Waals surface area contributed by atoms with Gasteiger partial charge in [-0.05, 0) is 17.7 Å². The van der Waals surface area contributed by atoms with Crippen molar-refractivity contribution in [2.45, 2.75) is 6.54 Å². The smallest absolute Gasteiger partial charge is 0.261 e. The van der Waals surface area contributed by atoms with Crippen LogP contribution in [0, 0.1) is 0 Å². The summed E-state index contributed by atoms with van der Waals surface area (Å²) < 4.78 is 1.40. The van der Waals surface area contributed by atoms with Gasteiger partial charge < -0.3 is 4.90 Å². The van der Waals surface area contributed by atoms with E-state index in [9.17, 15) is 9.59 Å². The third kappa shape index (κ3) is 4.60. The van der Waals surface area contributed by atoms with Crippen molar-refractivity contribution < 1.29 is 4.79 Å². The monoisotopic (exact) mass is 388 g/mol. The van der Waals surface area contributed by atoms with Gasteiger partial charge >= 0.3 is 0 Å². The maximum atomic E-state index is 12.7. The molecular weight excluding hydrogens is 364 g/mol. The number of piperazine rings is 1. The van der Waals surface area contributed by atoms with E-state index >= 15 is 0 Å². The zero-order valence-corrected chi connectivity index (χ0v) is 16.3. The van der Waals surface area contributed by atoms with E-state index in [1.807, 2.05) is 35.2 Å². The predicted molar refractivity (Wildman–Crippen MR) is 114 cm³/mol. The molecule has 2 aromatic carbocycles. The molecule has 148 valence electrons. The van der Waals surface area contributed by atoms with Crippen LogP contribution >= 0.6 is 0 Å². The number of hydrogen-bond acceptors (Lipinski definition) is 4. The zero-order valence-electron chi connectivity index (χ0n) is 16.3. The lowest BCUT2D eigenvalue weighted by Gasteiger charge is -2.34. The van der Waals surface area contributed by atoms with Crippen molar-refractivity contribution in [3.05, 3.63) is 82.9 Å². The number of aromatic nitrogens is 2. The van der Waals surface area contributed by atoms with Gasteiger partial charge in [-0.1, -0.05) is 54.6 Å². The molecule has 0 unspecified atom stereocenters. The largest absolute Gasteiger partial charge is 0.339 e. The summed E-state index contributed by atoms with van der Waals surface area (Å²) in [6, 6.07) is 17.4. The molecular formula is C23H24N4O2. The molecule has 1 saturated heterocycles. The molecule has 4 rings (SSSR count). The van der Waals surface area contributed by atoms with Gasteiger partial charge in [0.15, 0.2) is 0 Å². The minimum atomic E-state index is -0.173. The van der Waals surface area contributed by atoms with E-state index in [4.69, 9.17) is 0 Å². The van der Waals surface area contributed by atoms with Crippen molar-refractivity contribution in [3.8, 4) is 0 Å². The lowest BCUT2D eigenvalue weighted by atomic mass is 10.2. The van der Waals surface area contributed by atoms with Crippen molar-refractivity contribution >= 4 is 22.9 Å². The molecule has 6 nitrogen and oxygen atoms in total. The number of hydrogen-bond donors (Lipinski definition) is 0. The maximum Gasteiger partial charge on any atom is 0.261 e. The van der Waals surface area contributed by atoms with Crippen molar-refractivity contribution in [1.82, 2.24) is 19.4 Å². The fourth-order valence-corrected chi connectivity index (χ4v) is 3.55. The number of fused-ring (bicyclic) bond motifs is 1. The first-order chi connectivity index (χ1) is 14.2. The maximum absolute atomic E-state index is 12.7. The van der Waals surface area contributed by atoms with Crippen molar-refractivity contribution in [1.29, 1.82) is 0 Å². The van der Waals surface area contributed by atoms with Crippen LogP contribution < -0.4 is 5.56 Å². The second-order valence-electron chi connectivity index (χ2n) is 7.19. The lowest BCUT2D eigenvalue weighted by Crippen LogP contribution is -2.49. The molecule has 6 heteroatoms. The summed E-state index contributed by atoms with van der Waals surface area (Å²) in [6.45, 7) is 3.91. The molecule has 1 aliphatic rings. The number of carbonyl (C=O) groups is 1. The Bertz CT molecular complexity index is 1070. The van der Waals surface area contributed by atoms with Gasteiger partial charge in [0.1, 0.15) is 6.54 Å². The molecule has 1 fully saturated rings. The van der Waals surface area contributed by atoms with Crippen molar-refractivity contribution in [2.75, 3.05) is 32.7 Å². The number of carbonyl (C=O) groups excluding carboxylic acids is 1. The summed E-state index contributed by atoms with van der Waals surface area (Å²) in [5.41, 5.74) is 1.67. The topological polar surface area (TPSA) is 58.4 Å². The van der Waals surface area contributed by atoms with Gasteiger partial charge in [-0.15, -0.1) is 0 Å². The Balaban J connectivity index is 1.31. The first kappa shape index (κ1) is 19.1. The molecule has 0 atom stereocenters. The number of benzene rings is 2. The van der Waals surface area contributed by atoms with Crippen molar-refractivity contribution in [3.63, 3.8) is 0 Å². The quantitative estimate of drug-likeness (QED) is 0.673. The molecule has 0 radical (unpaired) electrons. The first-order valence-corrected chi connectivity index (χ1v) is 9.86. The van der Waals surface area contributed by atoms with Crippen LogP contribution in [-0.4, -0.2) is 58.0 Å². The molecule has 0 saturated carbocycles. The molecule has 2 heterocycles. The van der Waals surface area contributed by atoms with Gasteiger partial charge in [0.05, 0.1) is 17.2 Å². The molecule has 0 bridgehead atoms. The molecule has 1 amide bonds. The Morgan fingerprint density at radius 2 is 1.69 bits per heavy atom. The molecule has 3 aromatic rings. The van der Waals surface area contributed by atoms with E-state index in [0.29, 0.717) is 24.0 Å². The van der Waals surface area contributed by atoms with E-state index in [1.165, 1.54) is 16.5 Å². The lowest BCUT2D eigenvalue weighted by molar-refractivity contribution is -0.133. The molecule has 0 N–H and O–H groups in total. The van der Waals surface area contributed by atoms with Gasteiger partial charge in [0, 0.05) is 32.7 Å². The van der Waals surface area contributed by atoms with Crippen LogP contribution in [0.4, 0.5) is 0 Å². The average molecular weight is 388 g/mol. The second kappa shape index (κ2) is 8.84. The Labute approximate surface area is 169 Å². The van der Waals surface area contributed by atoms with Gasteiger partial charge in [-0.25, -0.2) is 4.98 Å². The van der Waals surface area contributed by atoms with Crippen LogP contribution in [-0.2, 0) is 11.3 Å². The van der Waals surface area contributed by atoms with Crippen molar-refractivity contribution in [2.24, 2.45) is 0 Å². The number of para-hydroxylation sites is 1. The summed E-state index contributed by atoms with van der Waals surface area (Å²) >= 11 is 0. The Morgan fingerprint density at radius 1 is 0.966 bits per heavy atom. The third-order valence-corrected chi connectivity index (χ3v) is 5.24. The fraction of sp³-hybridized carbons (Fsp3) is 0.261. The highest BCUT2D eigenvalue weighted by Gasteiger charge is 2.21. The second-order valence-corrected chi connectivity index (χ2v) is 7.19. The highest BCUT2D eigenvalue weighted by atomic mass is 16.2. The molecule has 0 spiro atoms. The summed E-state index contributed by atoms with van der Waals surface area (Å²) in [4.78, 5) is 33.7. The minimum absolute atomic E-state index is 0.0323. The van der Waals surface area contributed by atoms with Crippen LogP contribution in [0.15, 0.2) is 71.8 Å². The third-order valence-electron chi connectivity index (χ3n) is 5.24. The number of nitrogens with zero attached hydrogens (tertiary/aromatic N) is 4. The highest BCUT2D eigenvalue weighted by molar-refractivity contribution is 5.79. The molecule has 1 aromatic heterocycles. The number of amides is 1.